The highest BCUT2D eigenvalue weighted by Crippen LogP contribution is 2.69. The second-order valence-electron chi connectivity index (χ2n) is 9.33. The molecule has 2 atom stereocenters. The summed E-state index contributed by atoms with van der Waals surface area (Å²) in [6.07, 6.45) is 5.09. The third-order valence-electron chi connectivity index (χ3n) is 7.49. The van der Waals surface area contributed by atoms with Crippen LogP contribution in [0.5, 0.6) is 0 Å². The van der Waals surface area contributed by atoms with Gasteiger partial charge >= 0.3 is 0 Å². The van der Waals surface area contributed by atoms with E-state index in [1.807, 2.05) is 13.0 Å². The Kier molecular flexibility index (Phi) is 4.06. The van der Waals surface area contributed by atoms with Crippen LogP contribution in [0.15, 0.2) is 42.9 Å². The predicted octanol–water partition coefficient (Wildman–Crippen LogP) is 4.30. The maximum Gasteiger partial charge on any atom is 0.252 e. The molecule has 9 heteroatoms. The van der Waals surface area contributed by atoms with E-state index in [1.54, 1.807) is 23.3 Å². The Morgan fingerprint density at radius 2 is 1.85 bits per heavy atom. The SMILES string of the molecule is Cc1ncn(-c2nccc([C@]34CC[C@@H](c5cc(-c6c(F)cccc6F)nnc53)C4(C)C)n2)n1. The van der Waals surface area contributed by atoms with Gasteiger partial charge in [0.1, 0.15) is 23.8 Å². The van der Waals surface area contributed by atoms with E-state index in [4.69, 9.17) is 4.98 Å². The van der Waals surface area contributed by atoms with Crippen LogP contribution in [0, 0.1) is 24.0 Å². The van der Waals surface area contributed by atoms with Crippen LogP contribution in [0.3, 0.4) is 0 Å². The van der Waals surface area contributed by atoms with E-state index in [9.17, 15) is 8.78 Å². The van der Waals surface area contributed by atoms with Crippen LogP contribution in [0.4, 0.5) is 8.78 Å². The number of halogens is 2. The molecule has 2 aliphatic rings. The molecule has 0 amide bonds. The fourth-order valence-corrected chi connectivity index (χ4v) is 5.90. The van der Waals surface area contributed by atoms with E-state index >= 15 is 0 Å². The Bertz CT molecular complexity index is 1390. The molecule has 3 heterocycles. The maximum absolute atomic E-state index is 14.4. The Balaban J connectivity index is 1.53. The Morgan fingerprint density at radius 1 is 1.06 bits per heavy atom. The number of aromatic nitrogens is 7. The molecule has 6 rings (SSSR count). The highest BCUT2D eigenvalue weighted by molar-refractivity contribution is 5.64. The van der Waals surface area contributed by atoms with E-state index in [2.05, 4.69) is 39.1 Å². The molecular weight excluding hydrogens is 424 g/mol. The van der Waals surface area contributed by atoms with E-state index in [1.165, 1.54) is 18.2 Å². The predicted molar refractivity (Wildman–Crippen MR) is 116 cm³/mol. The van der Waals surface area contributed by atoms with Crippen molar-refractivity contribution >= 4 is 0 Å². The molecule has 7 nitrogen and oxygen atoms in total. The van der Waals surface area contributed by atoms with Crippen molar-refractivity contribution in [3.8, 4) is 17.2 Å². The van der Waals surface area contributed by atoms with Crippen molar-refractivity contribution in [3.05, 3.63) is 77.3 Å². The molecule has 0 unspecified atom stereocenters. The van der Waals surface area contributed by atoms with Gasteiger partial charge in [-0.15, -0.1) is 10.2 Å². The van der Waals surface area contributed by atoms with E-state index in [0.717, 1.165) is 29.8 Å². The molecule has 1 fully saturated rings. The molecular formula is C24H21F2N7. The molecule has 0 spiro atoms. The van der Waals surface area contributed by atoms with Crippen LogP contribution < -0.4 is 0 Å². The summed E-state index contributed by atoms with van der Waals surface area (Å²) in [5, 5.41) is 13.2. The molecule has 0 N–H and O–H groups in total. The van der Waals surface area contributed by atoms with Gasteiger partial charge in [0.05, 0.1) is 28.1 Å². The van der Waals surface area contributed by atoms with Gasteiger partial charge in [-0.3, -0.25) is 0 Å². The average molecular weight is 445 g/mol. The monoisotopic (exact) mass is 445 g/mol. The van der Waals surface area contributed by atoms with Crippen molar-refractivity contribution in [3.63, 3.8) is 0 Å². The lowest BCUT2D eigenvalue weighted by molar-refractivity contribution is 0.242. The van der Waals surface area contributed by atoms with Crippen molar-refractivity contribution in [2.45, 2.75) is 44.9 Å². The summed E-state index contributed by atoms with van der Waals surface area (Å²) in [4.78, 5) is 13.4. The molecule has 4 aromatic rings. The highest BCUT2D eigenvalue weighted by atomic mass is 19.1. The first-order chi connectivity index (χ1) is 15.8. The molecule has 33 heavy (non-hydrogen) atoms. The zero-order valence-corrected chi connectivity index (χ0v) is 18.4. The largest absolute Gasteiger partial charge is 0.252 e. The van der Waals surface area contributed by atoms with Gasteiger partial charge in [-0.25, -0.2) is 23.7 Å². The second-order valence-corrected chi connectivity index (χ2v) is 9.33. The molecule has 0 radical (unpaired) electrons. The highest BCUT2D eigenvalue weighted by Gasteiger charge is 2.65. The van der Waals surface area contributed by atoms with Gasteiger partial charge in [0, 0.05) is 6.20 Å². The summed E-state index contributed by atoms with van der Waals surface area (Å²) in [7, 11) is 0. The van der Waals surface area contributed by atoms with Crippen molar-refractivity contribution < 1.29 is 8.78 Å². The zero-order chi connectivity index (χ0) is 23.0. The summed E-state index contributed by atoms with van der Waals surface area (Å²) < 4.78 is 30.4. The number of hydrogen-bond acceptors (Lipinski definition) is 6. The van der Waals surface area contributed by atoms with Crippen molar-refractivity contribution in [2.24, 2.45) is 5.41 Å². The first-order valence-corrected chi connectivity index (χ1v) is 10.9. The molecule has 2 aliphatic carbocycles. The lowest BCUT2D eigenvalue weighted by atomic mass is 9.66. The number of benzene rings is 1. The maximum atomic E-state index is 14.4. The third kappa shape index (κ3) is 2.59. The lowest BCUT2D eigenvalue weighted by Crippen LogP contribution is -2.38. The average Bonchev–Trinajstić information content (AvgIpc) is 3.40. The summed E-state index contributed by atoms with van der Waals surface area (Å²) >= 11 is 0. The number of hydrogen-bond donors (Lipinski definition) is 0. The fourth-order valence-electron chi connectivity index (χ4n) is 5.90. The Hall–Kier alpha value is -3.62. The number of rotatable bonds is 3. The van der Waals surface area contributed by atoms with Crippen LogP contribution in [-0.2, 0) is 5.41 Å². The number of nitrogens with zero attached hydrogens (tertiary/aromatic N) is 7. The zero-order valence-electron chi connectivity index (χ0n) is 18.4. The standard InChI is InChI=1S/C24H21F2N7/c1-13-28-12-33(32-13)22-27-10-8-19(29-22)24-9-7-15(23(24,2)3)14-11-18(30-31-21(14)24)20-16(25)5-4-6-17(20)26/h4-6,8,10-12,15H,7,9H2,1-3H3/t15-,24+/m0/s1. The molecule has 2 bridgehead atoms. The van der Waals surface area contributed by atoms with E-state index in [0.29, 0.717) is 11.8 Å². The number of fused-ring (bicyclic) bond motifs is 5. The third-order valence-corrected chi connectivity index (χ3v) is 7.49. The smallest absolute Gasteiger partial charge is 0.220 e. The molecule has 0 saturated heterocycles. The summed E-state index contributed by atoms with van der Waals surface area (Å²) in [6.45, 7) is 6.22. The molecule has 0 aliphatic heterocycles. The van der Waals surface area contributed by atoms with Crippen molar-refractivity contribution in [1.82, 2.24) is 34.9 Å². The van der Waals surface area contributed by atoms with Gasteiger partial charge in [0.25, 0.3) is 5.95 Å². The summed E-state index contributed by atoms with van der Waals surface area (Å²) in [5.41, 5.74) is 2.00. The van der Waals surface area contributed by atoms with Gasteiger partial charge in [-0.1, -0.05) is 19.9 Å². The van der Waals surface area contributed by atoms with Gasteiger partial charge in [0.15, 0.2) is 0 Å². The minimum Gasteiger partial charge on any atom is -0.220 e. The minimum absolute atomic E-state index is 0.145. The van der Waals surface area contributed by atoms with Gasteiger partial charge < -0.3 is 0 Å². The van der Waals surface area contributed by atoms with Gasteiger partial charge in [-0.2, -0.15) is 9.78 Å². The lowest BCUT2D eigenvalue weighted by Gasteiger charge is -2.37. The van der Waals surface area contributed by atoms with Gasteiger partial charge in [-0.05, 0) is 60.9 Å². The molecule has 166 valence electrons. The van der Waals surface area contributed by atoms with Crippen LogP contribution in [0.1, 0.15) is 55.4 Å². The summed E-state index contributed by atoms with van der Waals surface area (Å²) in [5.74, 6) is -0.0555. The topological polar surface area (TPSA) is 82.3 Å². The van der Waals surface area contributed by atoms with Crippen molar-refractivity contribution in [1.29, 1.82) is 0 Å². The van der Waals surface area contributed by atoms with Crippen LogP contribution in [0.2, 0.25) is 0 Å². The number of aryl methyl sites for hydroxylation is 1. The first-order valence-electron chi connectivity index (χ1n) is 10.9. The Labute approximate surface area is 189 Å². The fraction of sp³-hybridized carbons (Fsp3) is 0.333. The second kappa shape index (κ2) is 6.69. The van der Waals surface area contributed by atoms with E-state index in [-0.39, 0.29) is 22.6 Å². The van der Waals surface area contributed by atoms with Crippen molar-refractivity contribution in [2.75, 3.05) is 0 Å². The summed E-state index contributed by atoms with van der Waals surface area (Å²) in [6, 6.07) is 7.54. The van der Waals surface area contributed by atoms with Crippen LogP contribution in [-0.4, -0.2) is 34.9 Å². The molecule has 1 aromatic carbocycles. The Morgan fingerprint density at radius 3 is 2.58 bits per heavy atom. The first kappa shape index (κ1) is 20.0. The van der Waals surface area contributed by atoms with Gasteiger partial charge in [0.2, 0.25) is 0 Å². The molecule has 3 aromatic heterocycles. The van der Waals surface area contributed by atoms with Crippen LogP contribution >= 0.6 is 0 Å². The quantitative estimate of drug-likeness (QED) is 0.468. The minimum atomic E-state index is -0.648. The normalized spacial score (nSPS) is 22.5. The molecule has 1 saturated carbocycles. The van der Waals surface area contributed by atoms with Crippen LogP contribution in [0.25, 0.3) is 17.2 Å². The van der Waals surface area contributed by atoms with E-state index < -0.39 is 17.0 Å².